The van der Waals surface area contributed by atoms with Gasteiger partial charge in [0.15, 0.2) is 0 Å². The molecular formula is C24H24FNO5S. The van der Waals surface area contributed by atoms with Gasteiger partial charge in [0.25, 0.3) is 0 Å². The number of aliphatic hydroxyl groups is 1. The molecule has 3 N–H and O–H groups in total. The number of methoxy groups -OCH3 is 1. The number of rotatable bonds is 7. The maximum atomic E-state index is 13.2. The Bertz CT molecular complexity index is 1080. The zero-order valence-electron chi connectivity index (χ0n) is 17.3. The standard InChI is InChI=1S/C24H24FNO5S/c1-31-19-11-7-16(8-12-19)23-22(24(28)26(23)18-5-3-2-4-6-18)21(27)15-32(29,30)20-13-9-17(25)10-14-20/h2-14,21-23,27,29-30H,15H2,1H3/t21-,22-,23-/m1/s1. The summed E-state index contributed by atoms with van der Waals surface area (Å²) in [6.45, 7) is 0. The van der Waals surface area contributed by atoms with Gasteiger partial charge >= 0.3 is 0 Å². The lowest BCUT2D eigenvalue weighted by atomic mass is 9.78. The van der Waals surface area contributed by atoms with Crippen LogP contribution in [0.2, 0.25) is 0 Å². The molecule has 1 saturated heterocycles. The summed E-state index contributed by atoms with van der Waals surface area (Å²) in [4.78, 5) is 14.8. The van der Waals surface area contributed by atoms with Crippen LogP contribution in [0.25, 0.3) is 0 Å². The number of carbonyl (C=O) groups is 1. The van der Waals surface area contributed by atoms with Crippen LogP contribution in [0.3, 0.4) is 0 Å². The van der Waals surface area contributed by atoms with Crippen molar-refractivity contribution >= 4 is 22.2 Å². The first-order chi connectivity index (χ1) is 15.3. The molecule has 0 radical (unpaired) electrons. The summed E-state index contributed by atoms with van der Waals surface area (Å²) in [5, 5.41) is 10.9. The molecule has 0 aliphatic carbocycles. The van der Waals surface area contributed by atoms with E-state index in [1.54, 1.807) is 24.1 Å². The van der Waals surface area contributed by atoms with E-state index in [0.717, 1.165) is 17.7 Å². The number of para-hydroxylation sites is 1. The van der Waals surface area contributed by atoms with Crippen LogP contribution < -0.4 is 9.64 Å². The van der Waals surface area contributed by atoms with Crippen LogP contribution in [0.5, 0.6) is 5.75 Å². The fourth-order valence-corrected chi connectivity index (χ4v) is 5.46. The molecule has 1 heterocycles. The van der Waals surface area contributed by atoms with Crippen molar-refractivity contribution in [3.63, 3.8) is 0 Å². The van der Waals surface area contributed by atoms with E-state index < -0.39 is 40.2 Å². The van der Waals surface area contributed by atoms with Gasteiger partial charge in [0.2, 0.25) is 5.91 Å². The number of halogens is 1. The Balaban J connectivity index is 1.63. The topological polar surface area (TPSA) is 90.2 Å². The lowest BCUT2D eigenvalue weighted by molar-refractivity contribution is -0.135. The zero-order valence-corrected chi connectivity index (χ0v) is 18.2. The summed E-state index contributed by atoms with van der Waals surface area (Å²) in [7, 11) is -1.87. The highest BCUT2D eigenvalue weighted by molar-refractivity contribution is 8.24. The minimum atomic E-state index is -3.43. The summed E-state index contributed by atoms with van der Waals surface area (Å²) in [6, 6.07) is 20.6. The number of nitrogens with zero attached hydrogens (tertiary/aromatic N) is 1. The van der Waals surface area contributed by atoms with Crippen LogP contribution in [-0.2, 0) is 4.79 Å². The molecule has 0 bridgehead atoms. The molecule has 0 aromatic heterocycles. The van der Waals surface area contributed by atoms with Crippen LogP contribution in [-0.4, -0.2) is 39.1 Å². The molecule has 32 heavy (non-hydrogen) atoms. The van der Waals surface area contributed by atoms with Crippen molar-refractivity contribution in [3.05, 3.63) is 90.2 Å². The Hall–Kier alpha value is -2.91. The Morgan fingerprint density at radius 1 is 1.00 bits per heavy atom. The molecule has 0 saturated carbocycles. The number of hydrogen-bond donors (Lipinski definition) is 3. The highest BCUT2D eigenvalue weighted by Crippen LogP contribution is 2.52. The molecule has 1 amide bonds. The maximum absolute atomic E-state index is 13.2. The Morgan fingerprint density at radius 3 is 2.22 bits per heavy atom. The third-order valence-corrected chi connectivity index (χ3v) is 7.47. The SMILES string of the molecule is COc1ccc([C@@H]2[C@@H]([C@H](O)CS(O)(O)c3ccc(F)cc3)C(=O)N2c2ccccc2)cc1. The van der Waals surface area contributed by atoms with Crippen LogP contribution >= 0.6 is 10.6 Å². The van der Waals surface area contributed by atoms with E-state index in [4.69, 9.17) is 4.74 Å². The van der Waals surface area contributed by atoms with Gasteiger partial charge in [0, 0.05) is 5.69 Å². The van der Waals surface area contributed by atoms with Crippen molar-refractivity contribution in [2.75, 3.05) is 17.8 Å². The molecule has 0 unspecified atom stereocenters. The second-order valence-electron chi connectivity index (χ2n) is 7.64. The van der Waals surface area contributed by atoms with Gasteiger partial charge < -0.3 is 14.7 Å². The van der Waals surface area contributed by atoms with Crippen LogP contribution in [0, 0.1) is 11.7 Å². The Morgan fingerprint density at radius 2 is 1.62 bits per heavy atom. The number of anilines is 1. The first kappa shape index (κ1) is 22.3. The minimum absolute atomic E-state index is 0.116. The van der Waals surface area contributed by atoms with Gasteiger partial charge in [-0.25, -0.2) is 4.39 Å². The molecule has 168 valence electrons. The normalized spacial score (nSPS) is 19.9. The van der Waals surface area contributed by atoms with Crippen molar-refractivity contribution in [2.24, 2.45) is 5.92 Å². The molecule has 8 heteroatoms. The molecule has 6 nitrogen and oxygen atoms in total. The van der Waals surface area contributed by atoms with Crippen molar-refractivity contribution < 1.29 is 28.1 Å². The van der Waals surface area contributed by atoms with Crippen molar-refractivity contribution in [1.82, 2.24) is 0 Å². The second kappa shape index (κ2) is 8.91. The maximum Gasteiger partial charge on any atom is 0.235 e. The molecule has 1 fully saturated rings. The Labute approximate surface area is 187 Å². The van der Waals surface area contributed by atoms with E-state index in [2.05, 4.69) is 0 Å². The zero-order chi connectivity index (χ0) is 22.9. The second-order valence-corrected chi connectivity index (χ2v) is 9.78. The number of carbonyl (C=O) groups excluding carboxylic acids is 1. The Kier molecular flexibility index (Phi) is 6.21. The molecule has 1 aliphatic heterocycles. The predicted octanol–water partition coefficient (Wildman–Crippen LogP) is 4.71. The fourth-order valence-electron chi connectivity index (χ4n) is 4.01. The van der Waals surface area contributed by atoms with Crippen molar-refractivity contribution in [1.29, 1.82) is 0 Å². The van der Waals surface area contributed by atoms with E-state index in [9.17, 15) is 23.4 Å². The molecule has 0 spiro atoms. The first-order valence-electron chi connectivity index (χ1n) is 10.0. The monoisotopic (exact) mass is 457 g/mol. The van der Waals surface area contributed by atoms with Gasteiger partial charge in [-0.2, -0.15) is 10.6 Å². The van der Waals surface area contributed by atoms with Crippen LogP contribution in [0.15, 0.2) is 83.8 Å². The number of hydrogen-bond acceptors (Lipinski definition) is 5. The summed E-state index contributed by atoms with van der Waals surface area (Å²) in [6.07, 6.45) is -1.32. The van der Waals surface area contributed by atoms with Crippen molar-refractivity contribution in [2.45, 2.75) is 17.0 Å². The molecule has 3 aromatic carbocycles. The molecule has 3 atom stereocenters. The average Bonchev–Trinajstić information content (AvgIpc) is 2.78. The molecule has 1 aliphatic rings. The minimum Gasteiger partial charge on any atom is -0.497 e. The molecule has 4 rings (SSSR count). The van der Waals surface area contributed by atoms with Gasteiger partial charge in [-0.1, -0.05) is 30.3 Å². The summed E-state index contributed by atoms with van der Waals surface area (Å²) < 4.78 is 39.7. The van der Waals surface area contributed by atoms with Crippen LogP contribution in [0.4, 0.5) is 10.1 Å². The van der Waals surface area contributed by atoms with Crippen LogP contribution in [0.1, 0.15) is 11.6 Å². The van der Waals surface area contributed by atoms with Gasteiger partial charge in [-0.05, 0) is 54.1 Å². The number of benzene rings is 3. The number of β-lactam (4-membered cyclic amide) rings is 1. The average molecular weight is 458 g/mol. The summed E-state index contributed by atoms with van der Waals surface area (Å²) in [5.41, 5.74) is 1.48. The van der Waals surface area contributed by atoms with Gasteiger partial charge in [0.05, 0.1) is 35.8 Å². The molecular weight excluding hydrogens is 433 g/mol. The summed E-state index contributed by atoms with van der Waals surface area (Å²) >= 11 is 0. The van der Waals surface area contributed by atoms with E-state index in [1.165, 1.54) is 12.1 Å². The smallest absolute Gasteiger partial charge is 0.235 e. The lowest BCUT2D eigenvalue weighted by Crippen LogP contribution is -2.60. The third-order valence-electron chi connectivity index (χ3n) is 5.64. The number of amides is 1. The predicted molar refractivity (Wildman–Crippen MR) is 122 cm³/mol. The quantitative estimate of drug-likeness (QED) is 0.447. The fraction of sp³-hybridized carbons (Fsp3) is 0.208. The van der Waals surface area contributed by atoms with Gasteiger partial charge in [-0.3, -0.25) is 13.9 Å². The van der Waals surface area contributed by atoms with Gasteiger partial charge in [-0.15, -0.1) is 0 Å². The largest absolute Gasteiger partial charge is 0.497 e. The first-order valence-corrected chi connectivity index (χ1v) is 11.7. The van der Waals surface area contributed by atoms with E-state index in [1.807, 2.05) is 42.5 Å². The lowest BCUT2D eigenvalue weighted by Gasteiger charge is -2.50. The third kappa shape index (κ3) is 4.22. The summed E-state index contributed by atoms with van der Waals surface area (Å²) in [5.74, 6) is -1.44. The van der Waals surface area contributed by atoms with Gasteiger partial charge in [0.1, 0.15) is 11.6 Å². The number of aliphatic hydroxyl groups excluding tert-OH is 1. The number of ether oxygens (including phenoxy) is 1. The molecule has 3 aromatic rings. The highest BCUT2D eigenvalue weighted by Gasteiger charge is 2.53. The van der Waals surface area contributed by atoms with E-state index in [0.29, 0.717) is 11.4 Å². The van der Waals surface area contributed by atoms with E-state index in [-0.39, 0.29) is 10.8 Å². The van der Waals surface area contributed by atoms with Crippen molar-refractivity contribution in [3.8, 4) is 5.75 Å². The van der Waals surface area contributed by atoms with E-state index >= 15 is 0 Å². The highest BCUT2D eigenvalue weighted by atomic mass is 32.3.